The fourth-order valence-corrected chi connectivity index (χ4v) is 3.93. The van der Waals surface area contributed by atoms with Gasteiger partial charge in [-0.2, -0.15) is 0 Å². The van der Waals surface area contributed by atoms with Gasteiger partial charge in [0.05, 0.1) is 0 Å². The molecule has 3 nitrogen and oxygen atoms in total. The summed E-state index contributed by atoms with van der Waals surface area (Å²) < 4.78 is 1.25. The maximum absolute atomic E-state index is 4.63. The fraction of sp³-hybridized carbons (Fsp3) is 0.400. The Labute approximate surface area is 190 Å². The van der Waals surface area contributed by atoms with Crippen molar-refractivity contribution < 1.29 is 0 Å². The zero-order chi connectivity index (χ0) is 21.1. The lowest BCUT2D eigenvalue weighted by Gasteiger charge is -2.23. The molecule has 2 aromatic rings. The summed E-state index contributed by atoms with van der Waals surface area (Å²) in [6, 6.07) is 17.6. The van der Waals surface area contributed by atoms with Crippen molar-refractivity contribution in [3.8, 4) is 0 Å². The molecule has 2 aromatic carbocycles. The van der Waals surface area contributed by atoms with Gasteiger partial charge in [-0.1, -0.05) is 56.3 Å². The molecule has 0 aliphatic heterocycles. The molecule has 1 unspecified atom stereocenters. The van der Waals surface area contributed by atoms with Crippen LogP contribution in [0.15, 0.2) is 60.1 Å². The minimum atomic E-state index is 0.451. The maximum Gasteiger partial charge on any atom is 0.0467 e. The van der Waals surface area contributed by atoms with E-state index in [-0.39, 0.29) is 0 Å². The molecule has 0 radical (unpaired) electrons. The third kappa shape index (κ3) is 7.59. The highest BCUT2D eigenvalue weighted by atomic mass is 127. The largest absolute Gasteiger partial charge is 0.382 e. The Morgan fingerprint density at radius 3 is 2.38 bits per heavy atom. The molecule has 0 saturated heterocycles. The van der Waals surface area contributed by atoms with Gasteiger partial charge in [0.25, 0.3) is 0 Å². The number of nitrogens with one attached hydrogen (secondary N) is 2. The van der Waals surface area contributed by atoms with E-state index in [1.54, 1.807) is 0 Å². The predicted molar refractivity (Wildman–Crippen MR) is 136 cm³/mol. The van der Waals surface area contributed by atoms with Crippen LogP contribution in [-0.4, -0.2) is 32.4 Å². The van der Waals surface area contributed by atoms with Gasteiger partial charge in [-0.05, 0) is 73.1 Å². The van der Waals surface area contributed by atoms with Crippen LogP contribution in [0.3, 0.4) is 0 Å². The number of benzene rings is 2. The van der Waals surface area contributed by atoms with E-state index >= 15 is 0 Å². The summed E-state index contributed by atoms with van der Waals surface area (Å²) in [5.41, 5.74) is 5.67. The molecule has 0 fully saturated rings. The van der Waals surface area contributed by atoms with Crippen molar-refractivity contribution in [2.45, 2.75) is 45.1 Å². The van der Waals surface area contributed by atoms with E-state index in [0.29, 0.717) is 6.04 Å². The first-order valence-electron chi connectivity index (χ1n) is 10.5. The zero-order valence-corrected chi connectivity index (χ0v) is 20.1. The van der Waals surface area contributed by atoms with Gasteiger partial charge in [0, 0.05) is 45.6 Å². The van der Waals surface area contributed by atoms with E-state index in [1.165, 1.54) is 15.6 Å². The highest BCUT2D eigenvalue weighted by Gasteiger charge is 2.14. The fourth-order valence-electron chi connectivity index (χ4n) is 3.57. The van der Waals surface area contributed by atoms with Crippen molar-refractivity contribution in [3.63, 3.8) is 0 Å². The van der Waals surface area contributed by atoms with Gasteiger partial charge in [-0.15, -0.1) is 0 Å². The Hall–Kier alpha value is -1.66. The normalized spacial score (nSPS) is 12.6. The molecule has 0 aliphatic rings. The number of halogens is 1. The van der Waals surface area contributed by atoms with Gasteiger partial charge in [0.2, 0.25) is 0 Å². The molecule has 0 amide bonds. The van der Waals surface area contributed by atoms with E-state index in [4.69, 9.17) is 0 Å². The van der Waals surface area contributed by atoms with Crippen LogP contribution in [0.4, 0.5) is 0 Å². The van der Waals surface area contributed by atoms with Crippen LogP contribution >= 0.6 is 22.6 Å². The number of hydrogen-bond donors (Lipinski definition) is 2. The second-order valence-corrected chi connectivity index (χ2v) is 8.62. The van der Waals surface area contributed by atoms with E-state index in [0.717, 1.165) is 54.8 Å². The van der Waals surface area contributed by atoms with Crippen molar-refractivity contribution in [2.75, 3.05) is 20.6 Å². The smallest absolute Gasteiger partial charge is 0.0467 e. The average molecular weight is 503 g/mol. The molecule has 1 atom stereocenters. The van der Waals surface area contributed by atoms with Gasteiger partial charge in [-0.3, -0.25) is 4.99 Å². The van der Waals surface area contributed by atoms with Crippen LogP contribution in [0.2, 0.25) is 0 Å². The first kappa shape index (κ1) is 23.6. The maximum atomic E-state index is 4.63. The summed E-state index contributed by atoms with van der Waals surface area (Å²) in [6.45, 7) is 7.68. The molecule has 0 saturated carbocycles. The third-order valence-electron chi connectivity index (χ3n) is 5.11. The van der Waals surface area contributed by atoms with Crippen molar-refractivity contribution >= 4 is 34.0 Å². The summed E-state index contributed by atoms with van der Waals surface area (Å²) in [5.74, 6) is 0. The van der Waals surface area contributed by atoms with Gasteiger partial charge >= 0.3 is 0 Å². The second-order valence-electron chi connectivity index (χ2n) is 7.37. The topological polar surface area (TPSA) is 36.4 Å². The minimum absolute atomic E-state index is 0.451. The molecule has 29 heavy (non-hydrogen) atoms. The molecule has 0 bridgehead atoms. The molecule has 4 heteroatoms. The highest BCUT2D eigenvalue weighted by Crippen LogP contribution is 2.21. The summed E-state index contributed by atoms with van der Waals surface area (Å²) in [6.07, 6.45) is 5.45. The molecular formula is C25H34IN3. The van der Waals surface area contributed by atoms with Crippen molar-refractivity contribution in [1.82, 2.24) is 10.6 Å². The van der Waals surface area contributed by atoms with Crippen molar-refractivity contribution in [3.05, 3.63) is 75.4 Å². The number of rotatable bonds is 12. The summed E-state index contributed by atoms with van der Waals surface area (Å²) in [4.78, 5) is 4.63. The monoisotopic (exact) mass is 503 g/mol. The quantitative estimate of drug-likeness (QED) is 0.222. The zero-order valence-electron chi connectivity index (χ0n) is 18.0. The van der Waals surface area contributed by atoms with E-state index in [1.807, 2.05) is 14.1 Å². The molecule has 0 spiro atoms. The first-order chi connectivity index (χ1) is 14.1. The minimum Gasteiger partial charge on any atom is -0.382 e. The van der Waals surface area contributed by atoms with Crippen molar-refractivity contribution in [2.24, 2.45) is 4.99 Å². The van der Waals surface area contributed by atoms with E-state index in [9.17, 15) is 0 Å². The molecule has 0 aliphatic carbocycles. The van der Waals surface area contributed by atoms with Crippen LogP contribution in [0.1, 0.15) is 49.3 Å². The molecular weight excluding hydrogens is 469 g/mol. The predicted octanol–water partition coefficient (Wildman–Crippen LogP) is 5.68. The SMILES string of the molecule is C=C(NC(CCC)CCCNC)c1ccccc1C(Cc1ccc(I)cc1)=NC. The molecule has 0 aromatic heterocycles. The number of hydrogen-bond acceptors (Lipinski definition) is 3. The van der Waals surface area contributed by atoms with Crippen LogP contribution in [0, 0.1) is 3.57 Å². The molecule has 156 valence electrons. The van der Waals surface area contributed by atoms with E-state index < -0.39 is 0 Å². The Morgan fingerprint density at radius 1 is 1.07 bits per heavy atom. The number of aliphatic imine (C=N–C) groups is 1. The Bertz CT molecular complexity index is 796. The standard InChI is InChI=1S/C25H34IN3/c1-5-9-22(10-8-17-27-3)29-19(2)23-11-6-7-12-24(23)25(28-4)18-20-13-15-21(26)16-14-20/h6-7,11-16,22,27,29H,2,5,8-10,17-18H2,1,3-4H3. The molecule has 0 heterocycles. The van der Waals surface area contributed by atoms with Gasteiger partial charge in [-0.25, -0.2) is 0 Å². The Kier molecular flexibility index (Phi) is 10.4. The summed E-state index contributed by atoms with van der Waals surface area (Å²) in [7, 11) is 3.89. The molecule has 2 N–H and O–H groups in total. The highest BCUT2D eigenvalue weighted by molar-refractivity contribution is 14.1. The number of nitrogens with zero attached hydrogens (tertiary/aromatic N) is 1. The first-order valence-corrected chi connectivity index (χ1v) is 11.6. The Balaban J connectivity index is 2.18. The van der Waals surface area contributed by atoms with E-state index in [2.05, 4.69) is 100 Å². The van der Waals surface area contributed by atoms with Gasteiger partial charge in [0.15, 0.2) is 0 Å². The summed E-state index contributed by atoms with van der Waals surface area (Å²) >= 11 is 2.34. The lowest BCUT2D eigenvalue weighted by Crippen LogP contribution is -2.29. The van der Waals surface area contributed by atoms with Crippen molar-refractivity contribution in [1.29, 1.82) is 0 Å². The van der Waals surface area contributed by atoms with Gasteiger partial charge < -0.3 is 10.6 Å². The average Bonchev–Trinajstić information content (AvgIpc) is 2.73. The van der Waals surface area contributed by atoms with Gasteiger partial charge in [0.1, 0.15) is 0 Å². The lowest BCUT2D eigenvalue weighted by molar-refractivity contribution is 0.486. The second kappa shape index (κ2) is 12.8. The van der Waals surface area contributed by atoms with Crippen LogP contribution in [0.25, 0.3) is 5.70 Å². The Morgan fingerprint density at radius 2 is 1.76 bits per heavy atom. The lowest BCUT2D eigenvalue weighted by atomic mass is 9.95. The van der Waals surface area contributed by atoms with Crippen LogP contribution < -0.4 is 10.6 Å². The third-order valence-corrected chi connectivity index (χ3v) is 5.83. The van der Waals surface area contributed by atoms with Crippen LogP contribution in [0.5, 0.6) is 0 Å². The molecule has 2 rings (SSSR count). The van der Waals surface area contributed by atoms with Crippen LogP contribution in [-0.2, 0) is 6.42 Å². The summed E-state index contributed by atoms with van der Waals surface area (Å²) in [5, 5.41) is 6.95.